The summed E-state index contributed by atoms with van der Waals surface area (Å²) in [7, 11) is -0.755. The van der Waals surface area contributed by atoms with Crippen LogP contribution in [0.1, 0.15) is 69.8 Å². The smallest absolute Gasteiger partial charge is 0.244 e. The van der Waals surface area contributed by atoms with Crippen LogP contribution in [0.25, 0.3) is 0 Å². The minimum atomic E-state index is -3.73. The Balaban J connectivity index is 1.75. The molecule has 2 saturated carbocycles. The first-order valence-corrected chi connectivity index (χ1v) is 14.5. The second-order valence-electron chi connectivity index (χ2n) is 9.40. The van der Waals surface area contributed by atoms with Crippen LogP contribution in [0.15, 0.2) is 28.1 Å². The molecule has 0 bridgehead atoms. The van der Waals surface area contributed by atoms with Crippen molar-refractivity contribution in [2.75, 3.05) is 19.8 Å². The van der Waals surface area contributed by atoms with Crippen molar-refractivity contribution in [3.8, 4) is 0 Å². The Hall–Kier alpha value is -0.800. The number of amidine groups is 1. The van der Waals surface area contributed by atoms with Gasteiger partial charge in [0.15, 0.2) is 10.9 Å². The topological polar surface area (TPSA) is 73.2 Å². The van der Waals surface area contributed by atoms with Gasteiger partial charge in [0.05, 0.1) is 16.8 Å². The van der Waals surface area contributed by atoms with Gasteiger partial charge < -0.3 is 10.0 Å². The highest BCUT2D eigenvalue weighted by Gasteiger charge is 2.48. The van der Waals surface area contributed by atoms with Crippen molar-refractivity contribution in [1.29, 1.82) is 0 Å². The van der Waals surface area contributed by atoms with Crippen LogP contribution < -0.4 is 0 Å². The van der Waals surface area contributed by atoms with E-state index in [4.69, 9.17) is 16.6 Å². The second kappa shape index (κ2) is 9.82. The lowest BCUT2D eigenvalue weighted by Gasteiger charge is -2.42. The van der Waals surface area contributed by atoms with Crippen LogP contribution in [-0.2, 0) is 15.7 Å². The Morgan fingerprint density at radius 3 is 2.34 bits per heavy atom. The highest BCUT2D eigenvalue weighted by molar-refractivity contribution is 8.14. The Morgan fingerprint density at radius 2 is 1.72 bits per heavy atom. The molecule has 1 unspecified atom stereocenters. The van der Waals surface area contributed by atoms with Gasteiger partial charge in [-0.2, -0.15) is 0 Å². The summed E-state index contributed by atoms with van der Waals surface area (Å²) in [5.41, 5.74) is -0.740. The van der Waals surface area contributed by atoms with Gasteiger partial charge in [-0.1, -0.05) is 68.0 Å². The molecule has 3 aliphatic rings. The van der Waals surface area contributed by atoms with E-state index in [0.717, 1.165) is 48.0 Å². The molecule has 1 heterocycles. The fourth-order valence-electron chi connectivity index (χ4n) is 5.09. The monoisotopic (exact) mass is 499 g/mol. The van der Waals surface area contributed by atoms with Gasteiger partial charge in [-0.25, -0.2) is 12.7 Å². The number of hydrogen-bond acceptors (Lipinski definition) is 5. The van der Waals surface area contributed by atoms with Gasteiger partial charge in [0, 0.05) is 25.7 Å². The van der Waals surface area contributed by atoms with E-state index >= 15 is 0 Å². The molecule has 1 saturated heterocycles. The fourth-order valence-corrected chi connectivity index (χ4v) is 7.79. The number of halogens is 1. The summed E-state index contributed by atoms with van der Waals surface area (Å²) < 4.78 is 26.9. The summed E-state index contributed by atoms with van der Waals surface area (Å²) in [6, 6.07) is 5.42. The third-order valence-corrected chi connectivity index (χ3v) is 10.4. The Labute approximate surface area is 201 Å². The van der Waals surface area contributed by atoms with E-state index in [2.05, 4.69) is 4.90 Å². The van der Waals surface area contributed by atoms with Crippen LogP contribution in [0, 0.1) is 0 Å². The van der Waals surface area contributed by atoms with Crippen molar-refractivity contribution in [3.05, 3.63) is 28.8 Å². The van der Waals surface area contributed by atoms with E-state index in [0.29, 0.717) is 17.4 Å². The van der Waals surface area contributed by atoms with Crippen molar-refractivity contribution >= 4 is 38.6 Å². The molecule has 1 atom stereocenters. The van der Waals surface area contributed by atoms with Crippen molar-refractivity contribution in [2.24, 2.45) is 4.99 Å². The molecule has 178 valence electrons. The van der Waals surface area contributed by atoms with Crippen molar-refractivity contribution in [2.45, 2.75) is 86.9 Å². The van der Waals surface area contributed by atoms with E-state index in [-0.39, 0.29) is 16.0 Å². The van der Waals surface area contributed by atoms with Gasteiger partial charge in [0.2, 0.25) is 10.0 Å². The SMILES string of the molecule is CN(C)S(=O)(=O)c1cc(C2(O)CSC(=NC3CCCCC3)N2C2CCCCC2)ccc1Cl. The van der Waals surface area contributed by atoms with E-state index in [1.807, 2.05) is 0 Å². The molecule has 4 rings (SSSR count). The maximum Gasteiger partial charge on any atom is 0.244 e. The van der Waals surface area contributed by atoms with E-state index in [9.17, 15) is 13.5 Å². The van der Waals surface area contributed by atoms with E-state index in [1.165, 1.54) is 39.8 Å². The third kappa shape index (κ3) is 4.71. The molecular formula is C23H34ClN3O3S2. The lowest BCUT2D eigenvalue weighted by atomic mass is 9.91. The highest BCUT2D eigenvalue weighted by atomic mass is 35.5. The molecule has 9 heteroatoms. The predicted molar refractivity (Wildman–Crippen MR) is 132 cm³/mol. The van der Waals surface area contributed by atoms with Gasteiger partial charge in [0.1, 0.15) is 4.90 Å². The largest absolute Gasteiger partial charge is 0.366 e. The summed E-state index contributed by atoms with van der Waals surface area (Å²) in [4.78, 5) is 7.26. The second-order valence-corrected chi connectivity index (χ2v) is 12.9. The van der Waals surface area contributed by atoms with Gasteiger partial charge in [-0.05, 0) is 37.8 Å². The molecule has 32 heavy (non-hydrogen) atoms. The number of hydrogen-bond donors (Lipinski definition) is 1. The van der Waals surface area contributed by atoms with Crippen LogP contribution in [0.4, 0.5) is 0 Å². The van der Waals surface area contributed by atoms with Crippen LogP contribution in [0.3, 0.4) is 0 Å². The lowest BCUT2D eigenvalue weighted by molar-refractivity contribution is -0.0737. The summed E-state index contributed by atoms with van der Waals surface area (Å²) in [6.07, 6.45) is 11.4. The van der Waals surface area contributed by atoms with Gasteiger partial charge in [-0.15, -0.1) is 0 Å². The van der Waals surface area contributed by atoms with Crippen molar-refractivity contribution in [1.82, 2.24) is 9.21 Å². The minimum absolute atomic E-state index is 0.0290. The molecular weight excluding hydrogens is 466 g/mol. The zero-order valence-electron chi connectivity index (χ0n) is 19.0. The molecule has 0 amide bonds. The zero-order chi connectivity index (χ0) is 22.9. The van der Waals surface area contributed by atoms with Crippen molar-refractivity contribution < 1.29 is 13.5 Å². The number of thioether (sulfide) groups is 1. The van der Waals surface area contributed by atoms with Crippen LogP contribution in [0.5, 0.6) is 0 Å². The Kier molecular flexibility index (Phi) is 7.47. The quantitative estimate of drug-likeness (QED) is 0.629. The summed E-state index contributed by atoms with van der Waals surface area (Å²) >= 11 is 7.89. The number of nitrogens with zero attached hydrogens (tertiary/aromatic N) is 3. The third-order valence-electron chi connectivity index (χ3n) is 6.97. The summed E-state index contributed by atoms with van der Waals surface area (Å²) in [5, 5.41) is 13.1. The average molecular weight is 500 g/mol. The van der Waals surface area contributed by atoms with Gasteiger partial charge in [-0.3, -0.25) is 4.99 Å². The fraction of sp³-hybridized carbons (Fsp3) is 0.696. The predicted octanol–water partition coefficient (Wildman–Crippen LogP) is 4.81. The van der Waals surface area contributed by atoms with Crippen LogP contribution in [-0.4, -0.2) is 59.8 Å². The first kappa shape index (κ1) is 24.3. The van der Waals surface area contributed by atoms with Gasteiger partial charge in [0.25, 0.3) is 0 Å². The summed E-state index contributed by atoms with van der Waals surface area (Å²) in [5.74, 6) is 0.429. The van der Waals surface area contributed by atoms with Crippen LogP contribution in [0.2, 0.25) is 5.02 Å². The molecule has 0 spiro atoms. The zero-order valence-corrected chi connectivity index (χ0v) is 21.4. The molecule has 0 aromatic heterocycles. The molecule has 6 nitrogen and oxygen atoms in total. The molecule has 1 aromatic carbocycles. The van der Waals surface area contributed by atoms with Gasteiger partial charge >= 0.3 is 0 Å². The normalized spacial score (nSPS) is 27.5. The molecule has 1 aromatic rings. The number of aliphatic hydroxyl groups is 1. The minimum Gasteiger partial charge on any atom is -0.366 e. The average Bonchev–Trinajstić information content (AvgIpc) is 3.12. The van der Waals surface area contributed by atoms with Crippen molar-refractivity contribution in [3.63, 3.8) is 0 Å². The number of sulfonamides is 1. The Morgan fingerprint density at radius 1 is 1.09 bits per heavy atom. The molecule has 0 radical (unpaired) electrons. The van der Waals surface area contributed by atoms with E-state index in [1.54, 1.807) is 30.0 Å². The standard InChI is InChI=1S/C23H34ClN3O3S2/c1-26(2)32(29,30)21-15-17(13-14-20(21)24)23(28)16-31-22(25-18-9-5-3-6-10-18)27(23)19-11-7-4-8-12-19/h13-15,18-19,28H,3-12,16H2,1-2H3. The first-order chi connectivity index (χ1) is 15.2. The Bertz CT molecular complexity index is 957. The molecule has 1 N–H and O–H groups in total. The maximum atomic E-state index is 12.9. The van der Waals surface area contributed by atoms with E-state index < -0.39 is 15.7 Å². The van der Waals surface area contributed by atoms with Crippen LogP contribution >= 0.6 is 23.4 Å². The summed E-state index contributed by atoms with van der Waals surface area (Å²) in [6.45, 7) is 0. The maximum absolute atomic E-state index is 12.9. The molecule has 2 aliphatic carbocycles. The number of aliphatic imine (C=N–C) groups is 1. The first-order valence-electron chi connectivity index (χ1n) is 11.7. The lowest BCUT2D eigenvalue weighted by Crippen LogP contribution is -2.51. The highest BCUT2D eigenvalue weighted by Crippen LogP contribution is 2.45. The number of rotatable bonds is 5. The number of benzene rings is 1. The molecule has 3 fully saturated rings. The molecule has 1 aliphatic heterocycles.